The van der Waals surface area contributed by atoms with Gasteiger partial charge in [0.05, 0.1) is 12.0 Å². The topological polar surface area (TPSA) is 77.8 Å². The molecule has 18 heavy (non-hydrogen) atoms. The maximum absolute atomic E-state index is 12.1. The molecule has 1 saturated heterocycles. The molecule has 0 spiro atoms. The van der Waals surface area contributed by atoms with Crippen LogP contribution in [-0.4, -0.2) is 47.0 Å². The van der Waals surface area contributed by atoms with E-state index in [1.807, 2.05) is 13.1 Å². The Morgan fingerprint density at radius 2 is 2.06 bits per heavy atom. The fraction of sp³-hybridized carbons (Fsp3) is 0.833. The highest BCUT2D eigenvalue weighted by atomic mass is 28.3. The van der Waals surface area contributed by atoms with Crippen molar-refractivity contribution < 1.29 is 19.8 Å². The highest BCUT2D eigenvalue weighted by Crippen LogP contribution is 2.36. The SMILES string of the molecule is CCCC[Si](C)(C)N1C(=O)[C@H](C(C)O)[C@H]1C(=O)O. The Hall–Kier alpha value is -0.883. The normalized spacial score (nSPS) is 25.8. The number of carboxylic acid groups (broad SMARTS) is 1. The first kappa shape index (κ1) is 15.2. The van der Waals surface area contributed by atoms with Gasteiger partial charge in [0.15, 0.2) is 8.24 Å². The molecule has 0 aromatic heterocycles. The van der Waals surface area contributed by atoms with Crippen molar-refractivity contribution in [2.75, 3.05) is 0 Å². The first-order valence-electron chi connectivity index (χ1n) is 6.48. The van der Waals surface area contributed by atoms with Crippen LogP contribution in [0.2, 0.25) is 19.1 Å². The molecule has 0 aliphatic carbocycles. The lowest BCUT2D eigenvalue weighted by atomic mass is 9.86. The van der Waals surface area contributed by atoms with Gasteiger partial charge in [-0.3, -0.25) is 4.79 Å². The molecule has 5 nitrogen and oxygen atoms in total. The molecule has 1 aliphatic rings. The predicted octanol–water partition coefficient (Wildman–Crippen LogP) is 1.28. The van der Waals surface area contributed by atoms with Crippen LogP contribution in [-0.2, 0) is 9.59 Å². The Labute approximate surface area is 109 Å². The van der Waals surface area contributed by atoms with Crippen LogP contribution in [0.25, 0.3) is 0 Å². The number of hydrogen-bond acceptors (Lipinski definition) is 3. The zero-order chi connectivity index (χ0) is 14.1. The van der Waals surface area contributed by atoms with Gasteiger partial charge in [0.25, 0.3) is 0 Å². The smallest absolute Gasteiger partial charge is 0.326 e. The molecule has 1 heterocycles. The van der Waals surface area contributed by atoms with Gasteiger partial charge in [-0.1, -0.05) is 32.9 Å². The van der Waals surface area contributed by atoms with Crippen molar-refractivity contribution in [1.29, 1.82) is 0 Å². The summed E-state index contributed by atoms with van der Waals surface area (Å²) in [6.07, 6.45) is 1.15. The molecule has 3 atom stereocenters. The minimum Gasteiger partial charge on any atom is -0.480 e. The van der Waals surface area contributed by atoms with Crippen molar-refractivity contribution in [2.45, 2.75) is 58.0 Å². The Balaban J connectivity index is 2.88. The number of aliphatic hydroxyl groups excluding tert-OH is 1. The number of carbonyl (C=O) groups excluding carboxylic acids is 1. The monoisotopic (exact) mass is 273 g/mol. The van der Waals surface area contributed by atoms with Crippen LogP contribution in [0.4, 0.5) is 0 Å². The van der Waals surface area contributed by atoms with Crippen molar-refractivity contribution in [2.24, 2.45) is 5.92 Å². The van der Waals surface area contributed by atoms with Crippen molar-refractivity contribution in [3.63, 3.8) is 0 Å². The average molecular weight is 273 g/mol. The number of aliphatic hydroxyl groups is 1. The second kappa shape index (κ2) is 5.40. The molecule has 1 unspecified atom stereocenters. The Morgan fingerprint density at radius 3 is 2.44 bits per heavy atom. The lowest BCUT2D eigenvalue weighted by molar-refractivity contribution is -0.169. The van der Waals surface area contributed by atoms with E-state index in [-0.39, 0.29) is 5.91 Å². The molecule has 6 heteroatoms. The molecule has 104 valence electrons. The van der Waals surface area contributed by atoms with Crippen molar-refractivity contribution in [3.05, 3.63) is 0 Å². The third kappa shape index (κ3) is 2.59. The lowest BCUT2D eigenvalue weighted by Gasteiger charge is -2.53. The highest BCUT2D eigenvalue weighted by molar-refractivity contribution is 6.77. The van der Waals surface area contributed by atoms with Gasteiger partial charge >= 0.3 is 5.97 Å². The van der Waals surface area contributed by atoms with E-state index in [4.69, 9.17) is 0 Å². The summed E-state index contributed by atoms with van der Waals surface area (Å²) in [6.45, 7) is 7.61. The highest BCUT2D eigenvalue weighted by Gasteiger charge is 2.58. The fourth-order valence-electron chi connectivity index (χ4n) is 2.65. The molecule has 1 fully saturated rings. The number of rotatable bonds is 6. The van der Waals surface area contributed by atoms with Gasteiger partial charge in [-0.15, -0.1) is 0 Å². The van der Waals surface area contributed by atoms with E-state index < -0.39 is 32.3 Å². The quantitative estimate of drug-likeness (QED) is 0.564. The molecule has 0 bridgehead atoms. The summed E-state index contributed by atoms with van der Waals surface area (Å²) < 4.78 is 1.56. The number of amides is 1. The van der Waals surface area contributed by atoms with Crippen LogP contribution < -0.4 is 0 Å². The van der Waals surface area contributed by atoms with E-state index in [1.54, 1.807) is 4.57 Å². The summed E-state index contributed by atoms with van der Waals surface area (Å²) in [5.41, 5.74) is 0. The molecule has 0 radical (unpaired) electrons. The summed E-state index contributed by atoms with van der Waals surface area (Å²) in [7, 11) is -2.03. The standard InChI is InChI=1S/C12H23NO4Si/c1-5-6-7-18(3,4)13-10(12(16)17)9(8(2)14)11(13)15/h8-10,14H,5-7H2,1-4H3,(H,16,17)/t8?,9-,10+/m1/s1. The van der Waals surface area contributed by atoms with Gasteiger partial charge in [-0.2, -0.15) is 0 Å². The molecular formula is C12H23NO4Si. The van der Waals surface area contributed by atoms with Gasteiger partial charge in [0.2, 0.25) is 5.91 Å². The summed E-state index contributed by atoms with van der Waals surface area (Å²) >= 11 is 0. The van der Waals surface area contributed by atoms with E-state index in [9.17, 15) is 19.8 Å². The van der Waals surface area contributed by atoms with E-state index >= 15 is 0 Å². The van der Waals surface area contributed by atoms with Crippen LogP contribution in [0.1, 0.15) is 26.7 Å². The number of carbonyl (C=O) groups is 2. The third-order valence-electron chi connectivity index (χ3n) is 3.71. The molecule has 1 rings (SSSR count). The number of unbranched alkanes of at least 4 members (excludes halogenated alkanes) is 1. The van der Waals surface area contributed by atoms with E-state index in [0.717, 1.165) is 18.9 Å². The molecule has 1 aliphatic heterocycles. The van der Waals surface area contributed by atoms with Crippen LogP contribution in [0, 0.1) is 5.92 Å². The summed E-state index contributed by atoms with van der Waals surface area (Å²) in [5.74, 6) is -1.96. The zero-order valence-electron chi connectivity index (χ0n) is 11.5. The van der Waals surface area contributed by atoms with Gasteiger partial charge in [0, 0.05) is 0 Å². The Kier molecular flexibility index (Phi) is 4.55. The lowest BCUT2D eigenvalue weighted by Crippen LogP contribution is -2.74. The number of nitrogens with zero attached hydrogens (tertiary/aromatic N) is 1. The molecule has 0 saturated carbocycles. The number of carboxylic acids is 1. The van der Waals surface area contributed by atoms with Gasteiger partial charge in [-0.25, -0.2) is 4.79 Å². The van der Waals surface area contributed by atoms with Gasteiger partial charge in [0.1, 0.15) is 6.04 Å². The number of β-lactam (4-membered cyclic amide) rings is 1. The summed E-state index contributed by atoms with van der Waals surface area (Å²) in [4.78, 5) is 23.4. The van der Waals surface area contributed by atoms with Crippen LogP contribution in [0.3, 0.4) is 0 Å². The Bertz CT molecular complexity index is 343. The summed E-state index contributed by atoms with van der Waals surface area (Å²) in [5, 5.41) is 18.8. The maximum atomic E-state index is 12.1. The Morgan fingerprint density at radius 1 is 1.50 bits per heavy atom. The minimum atomic E-state index is -2.03. The third-order valence-corrected chi connectivity index (χ3v) is 7.09. The van der Waals surface area contributed by atoms with E-state index in [2.05, 4.69) is 6.92 Å². The maximum Gasteiger partial charge on any atom is 0.326 e. The molecule has 0 aromatic carbocycles. The van der Waals surface area contributed by atoms with Crippen molar-refractivity contribution in [1.82, 2.24) is 4.57 Å². The zero-order valence-corrected chi connectivity index (χ0v) is 12.5. The van der Waals surface area contributed by atoms with Crippen LogP contribution in [0.5, 0.6) is 0 Å². The first-order chi connectivity index (χ1) is 8.24. The molecule has 1 amide bonds. The van der Waals surface area contributed by atoms with Crippen LogP contribution in [0.15, 0.2) is 0 Å². The predicted molar refractivity (Wildman–Crippen MR) is 70.6 cm³/mol. The van der Waals surface area contributed by atoms with Crippen LogP contribution >= 0.6 is 0 Å². The first-order valence-corrected chi connectivity index (χ1v) is 9.63. The minimum absolute atomic E-state index is 0.190. The molecule has 0 aromatic rings. The molecule has 2 N–H and O–H groups in total. The number of aliphatic carboxylic acids is 1. The average Bonchev–Trinajstić information content (AvgIpc) is 2.21. The number of hydrogen-bond donors (Lipinski definition) is 2. The van der Waals surface area contributed by atoms with Gasteiger partial charge in [-0.05, 0) is 13.0 Å². The van der Waals surface area contributed by atoms with Gasteiger partial charge < -0.3 is 14.8 Å². The van der Waals surface area contributed by atoms with E-state index in [1.165, 1.54) is 6.92 Å². The van der Waals surface area contributed by atoms with E-state index in [0.29, 0.717) is 0 Å². The summed E-state index contributed by atoms with van der Waals surface area (Å²) in [6, 6.07) is 0.0713. The van der Waals surface area contributed by atoms with Crippen molar-refractivity contribution in [3.8, 4) is 0 Å². The van der Waals surface area contributed by atoms with Crippen molar-refractivity contribution >= 4 is 20.1 Å². The largest absolute Gasteiger partial charge is 0.480 e. The second-order valence-electron chi connectivity index (χ2n) is 5.67. The molecular weight excluding hydrogens is 250 g/mol. The second-order valence-corrected chi connectivity index (χ2v) is 10.3. The fourth-order valence-corrected chi connectivity index (χ4v) is 5.88.